The molecule has 1 unspecified atom stereocenters. The lowest BCUT2D eigenvalue weighted by atomic mass is 10.2. The third-order valence-corrected chi connectivity index (χ3v) is 3.15. The lowest BCUT2D eigenvalue weighted by Crippen LogP contribution is -2.42. The highest BCUT2D eigenvalue weighted by Gasteiger charge is 2.28. The molecule has 0 saturated heterocycles. The average molecular weight is 252 g/mol. The first-order valence-electron chi connectivity index (χ1n) is 5.83. The van der Waals surface area contributed by atoms with Crippen LogP contribution in [0.3, 0.4) is 0 Å². The molecule has 1 saturated carbocycles. The second-order valence-corrected chi connectivity index (χ2v) is 4.58. The third kappa shape index (κ3) is 2.51. The summed E-state index contributed by atoms with van der Waals surface area (Å²) < 4.78 is 0.857. The molecular weight excluding hydrogens is 236 g/mol. The van der Waals surface area contributed by atoms with Gasteiger partial charge in [0.05, 0.1) is 0 Å². The number of rotatable bonds is 4. The normalized spacial score (nSPS) is 16.3. The number of nitrogens with one attached hydrogen (secondary N) is 2. The lowest BCUT2D eigenvalue weighted by Gasteiger charge is -2.11. The summed E-state index contributed by atoms with van der Waals surface area (Å²) in [6.07, 6.45) is 3.32. The van der Waals surface area contributed by atoms with Gasteiger partial charge in [-0.15, -0.1) is 0 Å². The summed E-state index contributed by atoms with van der Waals surface area (Å²) in [5, 5.41) is 2.61. The Labute approximate surface area is 103 Å². The Bertz CT molecular complexity index is 570. The molecule has 1 amide bonds. The van der Waals surface area contributed by atoms with Crippen molar-refractivity contribution in [2.75, 3.05) is 6.54 Å². The van der Waals surface area contributed by atoms with Crippen molar-refractivity contribution >= 4 is 5.91 Å². The van der Waals surface area contributed by atoms with E-state index >= 15 is 0 Å². The molecule has 0 bridgehead atoms. The number of nitrogens with zero attached hydrogens (tertiary/aromatic N) is 1. The summed E-state index contributed by atoms with van der Waals surface area (Å²) >= 11 is 0. The number of hydrogen-bond acceptors (Lipinski definition) is 4. The van der Waals surface area contributed by atoms with Crippen LogP contribution in [-0.4, -0.2) is 28.0 Å². The fourth-order valence-electron chi connectivity index (χ4n) is 1.72. The Morgan fingerprint density at radius 3 is 2.89 bits per heavy atom. The fraction of sp³-hybridized carbons (Fsp3) is 0.545. The zero-order valence-corrected chi connectivity index (χ0v) is 10.1. The van der Waals surface area contributed by atoms with Crippen molar-refractivity contribution in [3.63, 3.8) is 0 Å². The van der Waals surface area contributed by atoms with Crippen LogP contribution in [0.1, 0.15) is 23.2 Å². The molecule has 1 aromatic heterocycles. The van der Waals surface area contributed by atoms with E-state index in [9.17, 15) is 14.4 Å². The van der Waals surface area contributed by atoms with Crippen molar-refractivity contribution in [1.82, 2.24) is 14.9 Å². The summed E-state index contributed by atoms with van der Waals surface area (Å²) in [6.45, 7) is 0.339. The van der Waals surface area contributed by atoms with E-state index in [-0.39, 0.29) is 11.6 Å². The minimum Gasteiger partial charge on any atom is -0.350 e. The van der Waals surface area contributed by atoms with Crippen molar-refractivity contribution in [1.29, 1.82) is 0 Å². The third-order valence-electron chi connectivity index (χ3n) is 3.15. The Balaban J connectivity index is 2.07. The molecule has 1 aromatic rings. The average Bonchev–Trinajstić information content (AvgIpc) is 3.17. The van der Waals surface area contributed by atoms with E-state index in [1.807, 2.05) is 0 Å². The van der Waals surface area contributed by atoms with E-state index in [1.54, 1.807) is 0 Å². The number of carbonyl (C=O) groups excluding carboxylic acids is 1. The smallest absolute Gasteiger partial charge is 0.328 e. The van der Waals surface area contributed by atoms with Crippen LogP contribution in [0.15, 0.2) is 15.8 Å². The molecule has 0 spiro atoms. The molecule has 0 aliphatic heterocycles. The minimum absolute atomic E-state index is 0.0689. The van der Waals surface area contributed by atoms with E-state index < -0.39 is 17.2 Å². The maximum absolute atomic E-state index is 11.8. The highest BCUT2D eigenvalue weighted by atomic mass is 16.2. The quantitative estimate of drug-likeness (QED) is 0.608. The highest BCUT2D eigenvalue weighted by Crippen LogP contribution is 2.31. The lowest BCUT2D eigenvalue weighted by molar-refractivity contribution is 0.0947. The molecule has 0 radical (unpaired) electrons. The van der Waals surface area contributed by atoms with Gasteiger partial charge in [-0.1, -0.05) is 0 Å². The summed E-state index contributed by atoms with van der Waals surface area (Å²) in [7, 11) is 1.31. The van der Waals surface area contributed by atoms with Gasteiger partial charge in [-0.2, -0.15) is 0 Å². The zero-order chi connectivity index (χ0) is 13.3. The van der Waals surface area contributed by atoms with Gasteiger partial charge in [0.15, 0.2) is 0 Å². The SMILES string of the molecule is Cn1c(=O)[nH]cc(C(=O)NCC(N)C2CC2)c1=O. The first kappa shape index (κ1) is 12.6. The Kier molecular flexibility index (Phi) is 3.33. The maximum Gasteiger partial charge on any atom is 0.328 e. The van der Waals surface area contributed by atoms with Crippen molar-refractivity contribution < 1.29 is 4.79 Å². The van der Waals surface area contributed by atoms with Crippen LogP contribution in [-0.2, 0) is 7.05 Å². The first-order valence-corrected chi connectivity index (χ1v) is 5.83. The van der Waals surface area contributed by atoms with Crippen molar-refractivity contribution in [3.8, 4) is 0 Å². The predicted octanol–water partition coefficient (Wildman–Crippen LogP) is -1.46. The van der Waals surface area contributed by atoms with Gasteiger partial charge >= 0.3 is 5.69 Å². The van der Waals surface area contributed by atoms with Crippen molar-refractivity contribution in [2.45, 2.75) is 18.9 Å². The summed E-state index contributed by atoms with van der Waals surface area (Å²) in [6, 6.07) is -0.0689. The predicted molar refractivity (Wildman–Crippen MR) is 65.3 cm³/mol. The van der Waals surface area contributed by atoms with E-state index in [4.69, 9.17) is 5.73 Å². The molecule has 1 atom stereocenters. The fourth-order valence-corrected chi connectivity index (χ4v) is 1.72. The summed E-state index contributed by atoms with van der Waals surface area (Å²) in [5.41, 5.74) is 4.59. The number of carbonyl (C=O) groups is 1. The van der Waals surface area contributed by atoms with Gasteiger partial charge in [-0.05, 0) is 18.8 Å². The van der Waals surface area contributed by atoms with Crippen molar-refractivity contribution in [2.24, 2.45) is 18.7 Å². The highest BCUT2D eigenvalue weighted by molar-refractivity contribution is 5.93. The van der Waals surface area contributed by atoms with Gasteiger partial charge in [0.2, 0.25) is 0 Å². The Hall–Kier alpha value is -1.89. The molecule has 4 N–H and O–H groups in total. The van der Waals surface area contributed by atoms with Gasteiger partial charge in [0.1, 0.15) is 5.56 Å². The second kappa shape index (κ2) is 4.77. The molecule has 1 heterocycles. The monoisotopic (exact) mass is 252 g/mol. The van der Waals surface area contributed by atoms with Gasteiger partial charge < -0.3 is 16.0 Å². The Morgan fingerprint density at radius 1 is 1.61 bits per heavy atom. The molecule has 1 aliphatic carbocycles. The molecule has 1 fully saturated rings. The molecular formula is C11H16N4O3. The minimum atomic E-state index is -0.615. The molecule has 1 aliphatic rings. The topological polar surface area (TPSA) is 110 Å². The van der Waals surface area contributed by atoms with Crippen LogP contribution in [0.5, 0.6) is 0 Å². The van der Waals surface area contributed by atoms with Crippen molar-refractivity contribution in [3.05, 3.63) is 32.6 Å². The molecule has 18 heavy (non-hydrogen) atoms. The number of H-pyrrole nitrogens is 1. The van der Waals surface area contributed by atoms with Crippen LogP contribution < -0.4 is 22.3 Å². The molecule has 7 nitrogen and oxygen atoms in total. The molecule has 0 aromatic carbocycles. The molecule has 7 heteroatoms. The van der Waals surface area contributed by atoms with Gasteiger partial charge in [-0.25, -0.2) is 4.79 Å². The van der Waals surface area contributed by atoms with E-state index in [0.717, 1.165) is 23.6 Å². The van der Waals surface area contributed by atoms with Crippen LogP contribution in [0.25, 0.3) is 0 Å². The molecule has 98 valence electrons. The maximum atomic E-state index is 11.8. The van der Waals surface area contributed by atoms with E-state index in [2.05, 4.69) is 10.3 Å². The van der Waals surface area contributed by atoms with E-state index in [1.165, 1.54) is 7.05 Å². The molecule has 2 rings (SSSR count). The largest absolute Gasteiger partial charge is 0.350 e. The number of aromatic amines is 1. The van der Waals surface area contributed by atoms with Gasteiger partial charge in [0.25, 0.3) is 11.5 Å². The van der Waals surface area contributed by atoms with Gasteiger partial charge in [-0.3, -0.25) is 14.2 Å². The number of hydrogen-bond donors (Lipinski definition) is 3. The van der Waals surface area contributed by atoms with Crippen LogP contribution in [0.2, 0.25) is 0 Å². The number of aromatic nitrogens is 2. The standard InChI is InChI=1S/C11H16N4O3/c1-15-10(17)7(4-14-11(15)18)9(16)13-5-8(12)6-2-3-6/h4,6,8H,2-3,5,12H2,1H3,(H,13,16)(H,14,18). The van der Waals surface area contributed by atoms with Crippen LogP contribution in [0, 0.1) is 5.92 Å². The Morgan fingerprint density at radius 2 is 2.28 bits per heavy atom. The number of nitrogens with two attached hydrogens (primary N) is 1. The first-order chi connectivity index (χ1) is 8.50. The summed E-state index contributed by atoms with van der Waals surface area (Å²) in [4.78, 5) is 36.9. The van der Waals surface area contributed by atoms with Crippen LogP contribution >= 0.6 is 0 Å². The van der Waals surface area contributed by atoms with Crippen LogP contribution in [0.4, 0.5) is 0 Å². The van der Waals surface area contributed by atoms with Gasteiger partial charge in [0, 0.05) is 25.8 Å². The number of amides is 1. The summed E-state index contributed by atoms with van der Waals surface area (Å²) in [5.74, 6) is -0.0355. The van der Waals surface area contributed by atoms with E-state index in [0.29, 0.717) is 12.5 Å². The zero-order valence-electron chi connectivity index (χ0n) is 10.1. The second-order valence-electron chi connectivity index (χ2n) is 4.58.